The van der Waals surface area contributed by atoms with Crippen molar-refractivity contribution in [2.24, 2.45) is 0 Å². The Morgan fingerprint density at radius 2 is 0.549 bits per heavy atom. The van der Waals surface area contributed by atoms with Crippen LogP contribution in [0.4, 0.5) is 17.1 Å². The van der Waals surface area contributed by atoms with E-state index in [1.807, 2.05) is 0 Å². The Morgan fingerprint density at radius 1 is 0.319 bits per heavy atom. The van der Waals surface area contributed by atoms with Gasteiger partial charge in [-0.2, -0.15) is 0 Å². The maximum Gasteiger partial charge on any atom is 0.256 e. The van der Waals surface area contributed by atoms with Crippen LogP contribution in [0.15, 0.2) is 0 Å². The fourth-order valence-corrected chi connectivity index (χ4v) is 21.2. The highest BCUT2D eigenvalue weighted by Crippen LogP contribution is 2.40. The van der Waals surface area contributed by atoms with Crippen molar-refractivity contribution in [3.05, 3.63) is 65.5 Å². The van der Waals surface area contributed by atoms with E-state index in [-0.39, 0.29) is 128 Å². The molecule has 0 aromatic heterocycles. The van der Waals surface area contributed by atoms with Gasteiger partial charge in [-0.25, -0.2) is 0 Å². The van der Waals surface area contributed by atoms with E-state index in [1.54, 1.807) is 203 Å². The van der Waals surface area contributed by atoms with E-state index in [1.165, 1.54) is 49.9 Å². The highest BCUT2D eigenvalue weighted by Gasteiger charge is 2.37. The first-order valence-electron chi connectivity index (χ1n) is 26.3. The SMILES string of the molecule is CN(CCCN(CCN(C)C(=O)c1c(I)c(NC(=O)C(O)CO)c(I)c(C(=O)N(C)CC(O)CO)c1I)C(=O)c1c(I)c(NC(=O)C(O)CO)c(I)c(C(=O)N(C)CC(O)CO)c1I)C(=O)c1c(I)c(NC(=O)C(O)CO)c(I)c(C(=O)N(C)CC(O)CO)c1I. The Labute approximate surface area is 644 Å². The minimum absolute atomic E-state index is 0.00543. The molecule has 0 aliphatic heterocycles. The largest absolute Gasteiger partial charge is 0.394 e. The predicted octanol–water partition coefficient (Wildman–Crippen LogP) is -0.345. The van der Waals surface area contributed by atoms with Crippen molar-refractivity contribution < 1.29 is 104 Å². The van der Waals surface area contributed by atoms with Gasteiger partial charge in [0.15, 0.2) is 18.3 Å². The molecule has 6 unspecified atom stereocenters. The number of anilines is 3. The minimum Gasteiger partial charge on any atom is -0.394 e. The first-order chi connectivity index (χ1) is 42.5. The lowest BCUT2D eigenvalue weighted by atomic mass is 10.1. The standard InChI is InChI=1S/C52H64I9N9O21/c1-65(47(86)26-32(53)28(49(88)67(3)11-20(77)14-71)37(58)41(35(26)56)62-44(83)23(80)17-74)7-6-8-70(52(91)31-34(55)30(51(90)69(5)13-22(79)16-73)39(60)43(40(31)61)64-46(85)25(82)19-76)10-9-66(2)48(87)27-33(54)29(50(89)68(4)12-21(78)15-72)38(59)42(36(27)57)63-45(84)24(81)18-75/h20-25,71-82H,6-19H2,1-5H3,(H,62,83)(H,63,84)(H,64,85). The maximum atomic E-state index is 15.6. The van der Waals surface area contributed by atoms with E-state index < -0.39 is 136 Å². The molecule has 0 saturated carbocycles. The second-order valence-electron chi connectivity index (χ2n) is 19.9. The van der Waals surface area contributed by atoms with Gasteiger partial charge in [-0.05, 0) is 210 Å². The molecule has 6 atom stereocenters. The lowest BCUT2D eigenvalue weighted by molar-refractivity contribution is -0.126. The van der Waals surface area contributed by atoms with Crippen molar-refractivity contribution in [1.29, 1.82) is 0 Å². The quantitative estimate of drug-likeness (QED) is 0.0366. The van der Waals surface area contributed by atoms with Gasteiger partial charge < -0.3 is 107 Å². The summed E-state index contributed by atoms with van der Waals surface area (Å²) in [4.78, 5) is 135. The number of likely N-dealkylation sites (N-methyl/N-ethyl adjacent to an activating group) is 4. The summed E-state index contributed by atoms with van der Waals surface area (Å²) in [5, 5.41) is 127. The average molecular weight is 2290 g/mol. The number of aliphatic hydroxyl groups excluding tert-OH is 12. The van der Waals surface area contributed by atoms with Crippen molar-refractivity contribution in [2.45, 2.75) is 43.0 Å². The summed E-state index contributed by atoms with van der Waals surface area (Å²) in [6.45, 7) is -7.42. The number of benzene rings is 3. The number of nitrogens with one attached hydrogen (secondary N) is 3. The number of amides is 9. The molecule has 3 rings (SSSR count). The highest BCUT2D eigenvalue weighted by molar-refractivity contribution is 14.1. The van der Waals surface area contributed by atoms with Crippen molar-refractivity contribution in [1.82, 2.24) is 29.4 Å². The molecule has 0 aliphatic rings. The second kappa shape index (κ2) is 38.9. The van der Waals surface area contributed by atoms with Crippen LogP contribution in [-0.2, 0) is 14.4 Å². The van der Waals surface area contributed by atoms with Gasteiger partial charge in [0.1, 0.15) is 0 Å². The number of rotatable bonds is 31. The van der Waals surface area contributed by atoms with Crippen LogP contribution >= 0.6 is 203 Å². The zero-order valence-corrected chi connectivity index (χ0v) is 67.9. The third-order valence-electron chi connectivity index (χ3n) is 13.1. The number of aliphatic hydroxyl groups is 12. The minimum atomic E-state index is -1.97. The third kappa shape index (κ3) is 21.3. The van der Waals surface area contributed by atoms with Crippen LogP contribution in [0.2, 0.25) is 0 Å². The van der Waals surface area contributed by atoms with Crippen molar-refractivity contribution in [2.75, 3.05) is 137 Å². The molecule has 39 heteroatoms. The molecular formula is C52H64I9N9O21. The van der Waals surface area contributed by atoms with Crippen LogP contribution in [0, 0.1) is 32.1 Å². The lowest BCUT2D eigenvalue weighted by Crippen LogP contribution is -2.43. The van der Waals surface area contributed by atoms with E-state index in [2.05, 4.69) is 16.0 Å². The van der Waals surface area contributed by atoms with Gasteiger partial charge in [-0.15, -0.1) is 0 Å². The van der Waals surface area contributed by atoms with E-state index in [4.69, 9.17) is 0 Å². The molecule has 0 bridgehead atoms. The van der Waals surface area contributed by atoms with Gasteiger partial charge in [0.05, 0.1) is 130 Å². The first-order valence-corrected chi connectivity index (χ1v) is 36.0. The second-order valence-corrected chi connectivity index (χ2v) is 29.6. The molecule has 0 heterocycles. The molecule has 15 N–H and O–H groups in total. The molecular weight excluding hydrogens is 2230 g/mol. The monoisotopic (exact) mass is 2290 g/mol. The molecule has 506 valence electrons. The Kier molecular flexibility index (Phi) is 36.0. The van der Waals surface area contributed by atoms with Gasteiger partial charge in [-0.3, -0.25) is 43.2 Å². The maximum absolute atomic E-state index is 15.6. The van der Waals surface area contributed by atoms with Crippen LogP contribution in [0.25, 0.3) is 0 Å². The van der Waals surface area contributed by atoms with Gasteiger partial charge >= 0.3 is 0 Å². The van der Waals surface area contributed by atoms with Gasteiger partial charge in [0.25, 0.3) is 53.2 Å². The molecule has 0 radical (unpaired) electrons. The highest BCUT2D eigenvalue weighted by atomic mass is 127. The normalized spacial score (nSPS) is 13.3. The summed E-state index contributed by atoms with van der Waals surface area (Å²) in [5.74, 6) is -8.00. The van der Waals surface area contributed by atoms with Crippen LogP contribution in [0.5, 0.6) is 0 Å². The summed E-state index contributed by atoms with van der Waals surface area (Å²) >= 11 is 15.9. The summed E-state index contributed by atoms with van der Waals surface area (Å²) in [7, 11) is 6.70. The molecule has 3 aromatic carbocycles. The first kappa shape index (κ1) is 84.2. The molecule has 0 spiro atoms. The summed E-state index contributed by atoms with van der Waals surface area (Å²) in [5.41, 5.74) is -1.29. The van der Waals surface area contributed by atoms with Crippen molar-refractivity contribution >= 4 is 274 Å². The zero-order valence-electron chi connectivity index (χ0n) is 48.5. The number of hydrogen-bond donors (Lipinski definition) is 15. The van der Waals surface area contributed by atoms with Crippen LogP contribution in [0.1, 0.15) is 68.6 Å². The third-order valence-corrected chi connectivity index (χ3v) is 22.8. The van der Waals surface area contributed by atoms with Crippen LogP contribution in [0.3, 0.4) is 0 Å². The van der Waals surface area contributed by atoms with E-state index in [0.29, 0.717) is 0 Å². The Bertz CT molecular complexity index is 3250. The fraction of sp³-hybridized carbons (Fsp3) is 0.481. The summed E-state index contributed by atoms with van der Waals surface area (Å²) in [6, 6.07) is 0. The van der Waals surface area contributed by atoms with Gasteiger partial charge in [0, 0.05) is 91.8 Å². The number of carbonyl (C=O) groups excluding carboxylic acids is 9. The Morgan fingerprint density at radius 3 is 0.791 bits per heavy atom. The number of hydrogen-bond acceptors (Lipinski definition) is 21. The number of carbonyl (C=O) groups is 9. The lowest BCUT2D eigenvalue weighted by Gasteiger charge is -2.30. The Balaban J connectivity index is 2.38. The number of nitrogens with zero attached hydrogens (tertiary/aromatic N) is 6. The van der Waals surface area contributed by atoms with Gasteiger partial charge in [0.2, 0.25) is 0 Å². The smallest absolute Gasteiger partial charge is 0.256 e. The van der Waals surface area contributed by atoms with E-state index in [9.17, 15) is 94.8 Å². The Hall–Kier alpha value is -1.02. The van der Waals surface area contributed by atoms with E-state index >= 15 is 9.59 Å². The number of halogens is 9. The van der Waals surface area contributed by atoms with Crippen LogP contribution < -0.4 is 16.0 Å². The van der Waals surface area contributed by atoms with Crippen LogP contribution in [-0.4, -0.2) is 301 Å². The summed E-state index contributed by atoms with van der Waals surface area (Å²) in [6.07, 6.45) is -10.0. The van der Waals surface area contributed by atoms with E-state index in [0.717, 1.165) is 14.7 Å². The van der Waals surface area contributed by atoms with Gasteiger partial charge in [-0.1, -0.05) is 0 Å². The average Bonchev–Trinajstić information content (AvgIpc) is 0.795. The topological polar surface area (TPSA) is 452 Å². The zero-order chi connectivity index (χ0) is 69.5. The molecule has 9 amide bonds. The molecule has 30 nitrogen and oxygen atoms in total. The molecule has 0 fully saturated rings. The van der Waals surface area contributed by atoms with Crippen molar-refractivity contribution in [3.8, 4) is 0 Å². The molecule has 0 saturated heterocycles. The predicted molar refractivity (Wildman–Crippen MR) is 404 cm³/mol. The molecule has 3 aromatic rings. The molecule has 0 aliphatic carbocycles. The summed E-state index contributed by atoms with van der Waals surface area (Å²) < 4.78 is 0.566. The molecule has 91 heavy (non-hydrogen) atoms. The van der Waals surface area contributed by atoms with Crippen molar-refractivity contribution in [3.63, 3.8) is 0 Å². The fourth-order valence-electron chi connectivity index (χ4n) is 8.09.